The highest BCUT2D eigenvalue weighted by Gasteiger charge is 2.20. The minimum atomic E-state index is 0.572. The summed E-state index contributed by atoms with van der Waals surface area (Å²) in [6.45, 7) is 8.33. The van der Waals surface area contributed by atoms with Crippen LogP contribution in [0.5, 0.6) is 0 Å². The van der Waals surface area contributed by atoms with E-state index in [4.69, 9.17) is 0 Å². The molecule has 4 aromatic carbocycles. The molecule has 0 aliphatic rings. The van der Waals surface area contributed by atoms with Crippen LogP contribution in [0, 0.1) is 20.8 Å². The van der Waals surface area contributed by atoms with Gasteiger partial charge in [-0.15, -0.1) is 15.3 Å². The number of hydrogen-bond donors (Lipinski definition) is 0. The smallest absolute Gasteiger partial charge is 0.113 e. The van der Waals surface area contributed by atoms with Gasteiger partial charge >= 0.3 is 0 Å². The molecule has 54 heavy (non-hydrogen) atoms. The fourth-order valence-corrected chi connectivity index (χ4v) is 6.90. The lowest BCUT2D eigenvalue weighted by Gasteiger charge is -2.22. The lowest BCUT2D eigenvalue weighted by atomic mass is 9.88. The van der Waals surface area contributed by atoms with Crippen molar-refractivity contribution in [1.82, 2.24) is 45.0 Å². The normalized spacial score (nSPS) is 11.3. The Morgan fingerprint density at radius 2 is 0.630 bits per heavy atom. The zero-order valence-corrected chi connectivity index (χ0v) is 32.6. The second-order valence-electron chi connectivity index (χ2n) is 14.5. The molecule has 0 aliphatic heterocycles. The van der Waals surface area contributed by atoms with Crippen molar-refractivity contribution in [3.05, 3.63) is 125 Å². The number of anilines is 3. The number of hydrogen-bond acceptors (Lipinski definition) is 9. The number of benzene rings is 4. The van der Waals surface area contributed by atoms with Crippen LogP contribution in [-0.4, -0.2) is 87.3 Å². The molecule has 7 aromatic rings. The van der Waals surface area contributed by atoms with Crippen molar-refractivity contribution in [3.8, 4) is 33.8 Å². The van der Waals surface area contributed by atoms with Gasteiger partial charge < -0.3 is 14.7 Å². The summed E-state index contributed by atoms with van der Waals surface area (Å²) >= 11 is 0. The average Bonchev–Trinajstić information content (AvgIpc) is 3.96. The quantitative estimate of drug-likeness (QED) is 0.136. The predicted octanol–water partition coefficient (Wildman–Crippen LogP) is 6.73. The van der Waals surface area contributed by atoms with Crippen LogP contribution < -0.4 is 14.7 Å². The third-order valence-corrected chi connectivity index (χ3v) is 10.3. The van der Waals surface area contributed by atoms with Gasteiger partial charge in [0.25, 0.3) is 0 Å². The maximum Gasteiger partial charge on any atom is 0.113 e. The van der Waals surface area contributed by atoms with E-state index in [-0.39, 0.29) is 0 Å². The van der Waals surface area contributed by atoms with Gasteiger partial charge in [0.1, 0.15) is 17.1 Å². The van der Waals surface area contributed by atoms with Crippen LogP contribution in [0.3, 0.4) is 0 Å². The Labute approximate surface area is 317 Å². The van der Waals surface area contributed by atoms with Crippen molar-refractivity contribution in [2.45, 2.75) is 40.4 Å². The summed E-state index contributed by atoms with van der Waals surface area (Å²) in [6.07, 6.45) is 6.08. The first-order valence-corrected chi connectivity index (χ1v) is 18.1. The highest BCUT2D eigenvalue weighted by Crippen LogP contribution is 2.31. The molecule has 3 aromatic heterocycles. The second-order valence-corrected chi connectivity index (χ2v) is 14.5. The topological polar surface area (TPSA) is 102 Å². The zero-order valence-electron chi connectivity index (χ0n) is 32.6. The summed E-state index contributed by atoms with van der Waals surface area (Å²) in [5, 5.41) is 27.4. The molecule has 0 amide bonds. The number of aromatic nitrogens is 9. The summed E-state index contributed by atoms with van der Waals surface area (Å²) in [5.41, 5.74) is 16.2. The van der Waals surface area contributed by atoms with Crippen molar-refractivity contribution in [3.63, 3.8) is 0 Å². The Bertz CT molecular complexity index is 2070. The largest absolute Gasteiger partial charge is 0.378 e. The van der Waals surface area contributed by atoms with Crippen LogP contribution in [-0.2, 0) is 19.6 Å². The highest BCUT2D eigenvalue weighted by atomic mass is 15.4. The predicted molar refractivity (Wildman–Crippen MR) is 217 cm³/mol. The van der Waals surface area contributed by atoms with Gasteiger partial charge in [0.05, 0.1) is 38.2 Å². The molecule has 0 saturated heterocycles. The minimum absolute atomic E-state index is 0.572. The van der Waals surface area contributed by atoms with Gasteiger partial charge in [-0.05, 0) is 90.6 Å². The molecule has 0 saturated carbocycles. The summed E-state index contributed by atoms with van der Waals surface area (Å²) in [5.74, 6) is 0. The van der Waals surface area contributed by atoms with E-state index in [0.29, 0.717) is 19.6 Å². The maximum atomic E-state index is 4.58. The molecule has 0 bridgehead atoms. The van der Waals surface area contributed by atoms with E-state index < -0.39 is 0 Å². The minimum Gasteiger partial charge on any atom is -0.378 e. The molecule has 12 nitrogen and oxygen atoms in total. The average molecular weight is 721 g/mol. The third kappa shape index (κ3) is 7.45. The zero-order chi connectivity index (χ0) is 38.1. The molecule has 0 radical (unpaired) electrons. The van der Waals surface area contributed by atoms with Crippen LogP contribution in [0.4, 0.5) is 17.1 Å². The molecule has 0 unspecified atom stereocenters. The molecule has 0 spiro atoms. The van der Waals surface area contributed by atoms with E-state index >= 15 is 0 Å². The van der Waals surface area contributed by atoms with Gasteiger partial charge in [0.2, 0.25) is 0 Å². The summed E-state index contributed by atoms with van der Waals surface area (Å²) in [4.78, 5) is 6.26. The Balaban J connectivity index is 1.23. The first kappa shape index (κ1) is 36.1. The molecule has 12 heteroatoms. The van der Waals surface area contributed by atoms with Crippen LogP contribution in [0.15, 0.2) is 91.4 Å². The van der Waals surface area contributed by atoms with E-state index in [1.807, 2.05) is 74.9 Å². The van der Waals surface area contributed by atoms with E-state index in [1.165, 1.54) is 33.4 Å². The lowest BCUT2D eigenvalue weighted by Crippen LogP contribution is -2.15. The van der Waals surface area contributed by atoms with Crippen molar-refractivity contribution < 1.29 is 0 Å². The van der Waals surface area contributed by atoms with E-state index in [2.05, 4.69) is 139 Å². The Morgan fingerprint density at radius 3 is 0.852 bits per heavy atom. The summed E-state index contributed by atoms with van der Waals surface area (Å²) < 4.78 is 5.80. The van der Waals surface area contributed by atoms with Gasteiger partial charge in [-0.1, -0.05) is 52.0 Å². The standard InChI is InChI=1S/C42H48N12/c1-28-37(22-52-25-40(43-46-52)31-10-16-34(17-11-31)49(4)5)29(2)39(24-54-27-42(45-48-54)33-14-20-36(21-15-33)51(8)9)30(3)38(28)23-53-26-41(44-47-53)32-12-18-35(19-13-32)50(6)7/h10-21,25-27H,22-24H2,1-9H3. The van der Waals surface area contributed by atoms with E-state index in [1.54, 1.807) is 0 Å². The van der Waals surface area contributed by atoms with Crippen LogP contribution in [0.1, 0.15) is 33.4 Å². The monoisotopic (exact) mass is 720 g/mol. The molecular weight excluding hydrogens is 673 g/mol. The highest BCUT2D eigenvalue weighted by molar-refractivity contribution is 5.64. The molecule has 0 fully saturated rings. The molecule has 0 atom stereocenters. The number of nitrogens with zero attached hydrogens (tertiary/aromatic N) is 12. The SMILES string of the molecule is Cc1c(Cn2cc(-c3ccc(N(C)C)cc3)nn2)c(C)c(Cn2cc(-c3ccc(N(C)C)cc3)nn2)c(C)c1Cn1cc(-c2ccc(N(C)C)cc2)nn1. The van der Waals surface area contributed by atoms with Crippen molar-refractivity contribution in [2.75, 3.05) is 57.0 Å². The van der Waals surface area contributed by atoms with E-state index in [9.17, 15) is 0 Å². The van der Waals surface area contributed by atoms with Crippen LogP contribution in [0.2, 0.25) is 0 Å². The van der Waals surface area contributed by atoms with Crippen molar-refractivity contribution in [2.24, 2.45) is 0 Å². The second kappa shape index (κ2) is 15.0. The molecule has 3 heterocycles. The lowest BCUT2D eigenvalue weighted by molar-refractivity contribution is 0.618. The van der Waals surface area contributed by atoms with Gasteiger partial charge in [0.15, 0.2) is 0 Å². The molecule has 0 aliphatic carbocycles. The van der Waals surface area contributed by atoms with Crippen LogP contribution >= 0.6 is 0 Å². The summed E-state index contributed by atoms with van der Waals surface area (Å²) in [7, 11) is 12.2. The third-order valence-electron chi connectivity index (χ3n) is 10.3. The Kier molecular flexibility index (Phi) is 10.0. The molecule has 7 rings (SSSR count). The molecule has 276 valence electrons. The van der Waals surface area contributed by atoms with Gasteiger partial charge in [-0.3, -0.25) is 0 Å². The first-order chi connectivity index (χ1) is 25.9. The van der Waals surface area contributed by atoms with Gasteiger partial charge in [-0.2, -0.15) is 0 Å². The Hall–Kier alpha value is -6.30. The van der Waals surface area contributed by atoms with Crippen molar-refractivity contribution >= 4 is 17.1 Å². The molecular formula is C42H48N12. The number of rotatable bonds is 12. The van der Waals surface area contributed by atoms with Crippen LogP contribution in [0.25, 0.3) is 33.8 Å². The van der Waals surface area contributed by atoms with E-state index in [0.717, 1.165) is 50.8 Å². The summed E-state index contributed by atoms with van der Waals surface area (Å²) in [6, 6.07) is 25.2. The maximum absolute atomic E-state index is 4.58. The van der Waals surface area contributed by atoms with Gasteiger partial charge in [-0.25, -0.2) is 14.0 Å². The first-order valence-electron chi connectivity index (χ1n) is 18.1. The fourth-order valence-electron chi connectivity index (χ4n) is 6.90. The van der Waals surface area contributed by atoms with Gasteiger partial charge in [0, 0.05) is 76.0 Å². The van der Waals surface area contributed by atoms with Crippen molar-refractivity contribution in [1.29, 1.82) is 0 Å². The molecule has 0 N–H and O–H groups in total. The fraction of sp³-hybridized carbons (Fsp3) is 0.286. The Morgan fingerprint density at radius 1 is 0.389 bits per heavy atom.